The van der Waals surface area contributed by atoms with Crippen molar-refractivity contribution in [3.63, 3.8) is 0 Å². The number of nitriles is 1. The topological polar surface area (TPSA) is 120 Å². The zero-order valence-corrected chi connectivity index (χ0v) is 12.6. The number of benzene rings is 1. The number of phenols is 2. The summed E-state index contributed by atoms with van der Waals surface area (Å²) < 4.78 is 0. The first-order chi connectivity index (χ1) is 10.8. The molecule has 0 unspecified atom stereocenters. The number of rotatable bonds is 3. The number of nitrogens with zero attached hydrogens (tertiary/aromatic N) is 3. The van der Waals surface area contributed by atoms with Gasteiger partial charge in [-0.3, -0.25) is 10.1 Å². The smallest absolute Gasteiger partial charge is 0.315 e. The van der Waals surface area contributed by atoms with Crippen LogP contribution in [-0.4, -0.2) is 20.1 Å². The predicted molar refractivity (Wildman–Crippen MR) is 83.9 cm³/mol. The summed E-state index contributed by atoms with van der Waals surface area (Å²) in [6.45, 7) is 1.74. The summed E-state index contributed by atoms with van der Waals surface area (Å²) in [6.07, 6.45) is 1.31. The fourth-order valence-electron chi connectivity index (χ4n) is 1.91. The highest BCUT2D eigenvalue weighted by Crippen LogP contribution is 2.37. The second-order valence-corrected chi connectivity index (χ2v) is 4.98. The Kier molecular flexibility index (Phi) is 4.48. The first-order valence-corrected chi connectivity index (χ1v) is 6.67. The van der Waals surface area contributed by atoms with Crippen molar-refractivity contribution >= 4 is 28.9 Å². The van der Waals surface area contributed by atoms with Gasteiger partial charge in [-0.05, 0) is 36.8 Å². The van der Waals surface area contributed by atoms with Crippen molar-refractivity contribution in [2.75, 3.05) is 0 Å². The molecule has 0 saturated carbocycles. The number of halogens is 1. The molecular weight excluding hydrogens is 322 g/mol. The first-order valence-electron chi connectivity index (χ1n) is 6.29. The van der Waals surface area contributed by atoms with Crippen LogP contribution in [0.4, 0.5) is 5.69 Å². The van der Waals surface area contributed by atoms with Crippen molar-refractivity contribution in [1.82, 2.24) is 4.98 Å². The fraction of sp³-hybridized carbons (Fsp3) is 0.0667. The zero-order chi connectivity index (χ0) is 17.1. The van der Waals surface area contributed by atoms with Crippen LogP contribution in [-0.2, 0) is 0 Å². The van der Waals surface area contributed by atoms with Crippen LogP contribution in [0.1, 0.15) is 16.8 Å². The van der Waals surface area contributed by atoms with E-state index in [1.54, 1.807) is 19.1 Å². The molecule has 2 aromatic rings. The van der Waals surface area contributed by atoms with Crippen LogP contribution in [0.25, 0.3) is 11.6 Å². The molecule has 0 saturated heterocycles. The Morgan fingerprint density at radius 1 is 1.43 bits per heavy atom. The van der Waals surface area contributed by atoms with Crippen molar-refractivity contribution in [1.29, 1.82) is 5.26 Å². The number of aromatic nitrogens is 1. The van der Waals surface area contributed by atoms with Gasteiger partial charge < -0.3 is 10.2 Å². The molecular formula is C15H10ClN3O4. The van der Waals surface area contributed by atoms with Gasteiger partial charge in [0.2, 0.25) is 5.75 Å². The minimum absolute atomic E-state index is 0.113. The molecule has 0 atom stereocenters. The lowest BCUT2D eigenvalue weighted by Crippen LogP contribution is -1.92. The van der Waals surface area contributed by atoms with E-state index in [1.807, 2.05) is 6.07 Å². The number of nitro groups is 1. The van der Waals surface area contributed by atoms with Crippen molar-refractivity contribution in [3.8, 4) is 17.6 Å². The van der Waals surface area contributed by atoms with Gasteiger partial charge in [0.15, 0.2) is 5.75 Å². The maximum Gasteiger partial charge on any atom is 0.315 e. The van der Waals surface area contributed by atoms with Crippen LogP contribution >= 0.6 is 11.6 Å². The molecule has 0 bridgehead atoms. The zero-order valence-electron chi connectivity index (χ0n) is 11.8. The Bertz CT molecular complexity index is 872. The Morgan fingerprint density at radius 2 is 2.13 bits per heavy atom. The van der Waals surface area contributed by atoms with Gasteiger partial charge >= 0.3 is 5.69 Å². The third-order valence-electron chi connectivity index (χ3n) is 3.00. The van der Waals surface area contributed by atoms with Gasteiger partial charge in [0, 0.05) is 17.3 Å². The average molecular weight is 332 g/mol. The molecule has 0 aliphatic rings. The van der Waals surface area contributed by atoms with E-state index in [2.05, 4.69) is 4.98 Å². The summed E-state index contributed by atoms with van der Waals surface area (Å²) in [7, 11) is 0. The van der Waals surface area contributed by atoms with E-state index in [-0.39, 0.29) is 16.3 Å². The van der Waals surface area contributed by atoms with E-state index >= 15 is 0 Å². The lowest BCUT2D eigenvalue weighted by molar-refractivity contribution is -0.386. The third kappa shape index (κ3) is 3.39. The van der Waals surface area contributed by atoms with Crippen molar-refractivity contribution in [2.24, 2.45) is 0 Å². The van der Waals surface area contributed by atoms with Crippen molar-refractivity contribution < 1.29 is 15.1 Å². The molecule has 23 heavy (non-hydrogen) atoms. The summed E-state index contributed by atoms with van der Waals surface area (Å²) >= 11 is 6.01. The standard InChI is InChI=1S/C15H10ClN3O4/c1-8-2-3-11(15(16)18-8)10(7-17)4-9-5-12(19(22)23)14(21)13(20)6-9/h2-6,20-21H,1H3/b10-4+. The summed E-state index contributed by atoms with van der Waals surface area (Å²) in [4.78, 5) is 14.1. The number of nitro benzene ring substituents is 1. The van der Waals surface area contributed by atoms with Gasteiger partial charge in [0.25, 0.3) is 0 Å². The largest absolute Gasteiger partial charge is 0.504 e. The SMILES string of the molecule is Cc1ccc(/C(C#N)=C/c2cc(O)c(O)c([N+](=O)[O-])c2)c(Cl)n1. The number of hydrogen-bond acceptors (Lipinski definition) is 6. The second kappa shape index (κ2) is 6.34. The fourth-order valence-corrected chi connectivity index (χ4v) is 2.21. The van der Waals surface area contributed by atoms with Crippen molar-refractivity contribution in [3.05, 3.63) is 56.4 Å². The molecule has 0 spiro atoms. The molecule has 0 aliphatic heterocycles. The van der Waals surface area contributed by atoms with E-state index < -0.39 is 22.1 Å². The summed E-state index contributed by atoms with van der Waals surface area (Å²) in [5, 5.41) is 39.3. The number of aryl methyl sites for hydroxylation is 1. The second-order valence-electron chi connectivity index (χ2n) is 4.63. The summed E-state index contributed by atoms with van der Waals surface area (Å²) in [5.41, 5.74) is 0.646. The lowest BCUT2D eigenvalue weighted by Gasteiger charge is -2.05. The normalized spacial score (nSPS) is 11.1. The van der Waals surface area contributed by atoms with Crippen LogP contribution in [0.2, 0.25) is 5.15 Å². The molecule has 2 N–H and O–H groups in total. The van der Waals surface area contributed by atoms with Gasteiger partial charge in [0.1, 0.15) is 5.15 Å². The van der Waals surface area contributed by atoms with E-state index in [1.165, 1.54) is 6.08 Å². The number of aromatic hydroxyl groups is 2. The minimum atomic E-state index is -0.834. The van der Waals surface area contributed by atoms with Gasteiger partial charge in [0.05, 0.1) is 16.6 Å². The van der Waals surface area contributed by atoms with Gasteiger partial charge in [-0.25, -0.2) is 4.98 Å². The number of allylic oxidation sites excluding steroid dienone is 1. The van der Waals surface area contributed by atoms with E-state index in [0.29, 0.717) is 11.3 Å². The van der Waals surface area contributed by atoms with E-state index in [4.69, 9.17) is 11.6 Å². The highest BCUT2D eigenvalue weighted by molar-refractivity contribution is 6.31. The third-order valence-corrected chi connectivity index (χ3v) is 3.29. The molecule has 1 aromatic heterocycles. The van der Waals surface area contributed by atoms with Crippen LogP contribution in [0.3, 0.4) is 0 Å². The lowest BCUT2D eigenvalue weighted by atomic mass is 10.0. The van der Waals surface area contributed by atoms with Crippen LogP contribution in [0, 0.1) is 28.4 Å². The minimum Gasteiger partial charge on any atom is -0.504 e. The molecule has 0 fully saturated rings. The average Bonchev–Trinajstić information content (AvgIpc) is 2.48. The van der Waals surface area contributed by atoms with Gasteiger partial charge in [-0.2, -0.15) is 5.26 Å². The molecule has 2 rings (SSSR count). The molecule has 116 valence electrons. The van der Waals surface area contributed by atoms with Gasteiger partial charge in [-0.1, -0.05) is 11.6 Å². The van der Waals surface area contributed by atoms with Crippen molar-refractivity contribution in [2.45, 2.75) is 6.92 Å². The maximum atomic E-state index is 10.9. The molecule has 0 aliphatic carbocycles. The molecule has 8 heteroatoms. The Balaban J connectivity index is 2.59. The van der Waals surface area contributed by atoms with E-state index in [0.717, 1.165) is 12.1 Å². The maximum absolute atomic E-state index is 10.9. The van der Waals surface area contributed by atoms with Gasteiger partial charge in [-0.15, -0.1) is 0 Å². The predicted octanol–water partition coefficient (Wildman–Crippen LogP) is 3.43. The molecule has 1 aromatic carbocycles. The highest BCUT2D eigenvalue weighted by atomic mass is 35.5. The Morgan fingerprint density at radius 3 is 2.70 bits per heavy atom. The summed E-state index contributed by atoms with van der Waals surface area (Å²) in [6, 6.07) is 7.36. The quantitative estimate of drug-likeness (QED) is 0.292. The number of phenolic OH excluding ortho intramolecular Hbond substituents is 2. The molecule has 7 nitrogen and oxygen atoms in total. The molecule has 1 heterocycles. The monoisotopic (exact) mass is 331 g/mol. The number of pyridine rings is 1. The number of hydrogen-bond donors (Lipinski definition) is 2. The Hall–Kier alpha value is -3.11. The molecule has 0 amide bonds. The van der Waals surface area contributed by atoms with Crippen LogP contribution < -0.4 is 0 Å². The Labute approximate surface area is 135 Å². The van der Waals surface area contributed by atoms with Crippen LogP contribution in [0.15, 0.2) is 24.3 Å². The summed E-state index contributed by atoms with van der Waals surface area (Å²) in [5.74, 6) is -1.49. The first kappa shape index (κ1) is 16.3. The van der Waals surface area contributed by atoms with E-state index in [9.17, 15) is 25.6 Å². The highest BCUT2D eigenvalue weighted by Gasteiger charge is 2.19. The van der Waals surface area contributed by atoms with Crippen LogP contribution in [0.5, 0.6) is 11.5 Å². The molecule has 0 radical (unpaired) electrons.